The molecule has 0 N–H and O–H groups in total. The lowest BCUT2D eigenvalue weighted by Crippen LogP contribution is -1.97. The summed E-state index contributed by atoms with van der Waals surface area (Å²) in [5.74, 6) is 0. The molecular formula is C8H10ClNO2. The van der Waals surface area contributed by atoms with Crippen LogP contribution >= 0.6 is 11.6 Å². The Labute approximate surface area is 76.2 Å². The van der Waals surface area contributed by atoms with E-state index in [0.29, 0.717) is 5.57 Å². The van der Waals surface area contributed by atoms with E-state index in [1.54, 1.807) is 6.92 Å². The van der Waals surface area contributed by atoms with Crippen molar-refractivity contribution in [3.63, 3.8) is 0 Å². The van der Waals surface area contributed by atoms with E-state index in [1.807, 2.05) is 0 Å². The number of allylic oxidation sites excluding steroid dienone is 4. The van der Waals surface area contributed by atoms with Gasteiger partial charge in [0.2, 0.25) is 0 Å². The molecule has 0 atom stereocenters. The Bertz CT molecular complexity index is 262. The van der Waals surface area contributed by atoms with Crippen molar-refractivity contribution in [2.75, 3.05) is 0 Å². The van der Waals surface area contributed by atoms with Gasteiger partial charge in [-0.2, -0.15) is 0 Å². The van der Waals surface area contributed by atoms with Crippen LogP contribution in [0, 0.1) is 10.1 Å². The molecule has 0 aromatic carbocycles. The van der Waals surface area contributed by atoms with Gasteiger partial charge in [0, 0.05) is 6.08 Å². The van der Waals surface area contributed by atoms with Gasteiger partial charge in [-0.25, -0.2) is 0 Å². The minimum absolute atomic E-state index is 0.0888. The lowest BCUT2D eigenvalue weighted by atomic mass is 10.2. The minimum Gasteiger partial charge on any atom is -0.258 e. The van der Waals surface area contributed by atoms with Gasteiger partial charge >= 0.3 is 0 Å². The highest BCUT2D eigenvalue weighted by molar-refractivity contribution is 6.29. The topological polar surface area (TPSA) is 43.1 Å². The first-order valence-electron chi connectivity index (χ1n) is 3.30. The molecule has 0 unspecified atom stereocenters. The molecule has 0 radical (unpaired) electrons. The number of rotatable bonds is 3. The van der Waals surface area contributed by atoms with E-state index in [9.17, 15) is 10.1 Å². The van der Waals surface area contributed by atoms with Crippen LogP contribution in [0.5, 0.6) is 0 Å². The maximum absolute atomic E-state index is 10.4. The maximum atomic E-state index is 10.4. The van der Waals surface area contributed by atoms with Crippen molar-refractivity contribution < 1.29 is 4.92 Å². The van der Waals surface area contributed by atoms with E-state index >= 15 is 0 Å². The highest BCUT2D eigenvalue weighted by Crippen LogP contribution is 2.12. The molecule has 0 saturated carbocycles. The molecule has 0 aromatic heterocycles. The van der Waals surface area contributed by atoms with Crippen LogP contribution in [0.25, 0.3) is 0 Å². The molecule has 0 aliphatic carbocycles. The summed E-state index contributed by atoms with van der Waals surface area (Å²) in [4.78, 5) is 9.86. The Morgan fingerprint density at radius 3 is 2.33 bits per heavy atom. The van der Waals surface area contributed by atoms with Crippen LogP contribution in [0.3, 0.4) is 0 Å². The average molecular weight is 188 g/mol. The van der Waals surface area contributed by atoms with Gasteiger partial charge in [-0.15, -0.1) is 0 Å². The molecule has 12 heavy (non-hydrogen) atoms. The molecule has 66 valence electrons. The van der Waals surface area contributed by atoms with Crippen LogP contribution in [-0.2, 0) is 0 Å². The molecule has 0 rings (SSSR count). The number of hydrogen-bond donors (Lipinski definition) is 0. The van der Waals surface area contributed by atoms with E-state index in [1.165, 1.54) is 19.1 Å². The first-order valence-corrected chi connectivity index (χ1v) is 3.68. The fourth-order valence-electron chi connectivity index (χ4n) is 0.553. The van der Waals surface area contributed by atoms with Gasteiger partial charge in [0.1, 0.15) is 0 Å². The smallest absolute Gasteiger partial charge is 0.258 e. The minimum atomic E-state index is -0.519. The molecular weight excluding hydrogens is 178 g/mol. The third-order valence-corrected chi connectivity index (χ3v) is 1.43. The molecule has 0 bridgehead atoms. The normalized spacial score (nSPS) is 13.8. The molecule has 0 fully saturated rings. The summed E-state index contributed by atoms with van der Waals surface area (Å²) in [7, 11) is 0. The van der Waals surface area contributed by atoms with Gasteiger partial charge in [-0.1, -0.05) is 24.3 Å². The third-order valence-electron chi connectivity index (χ3n) is 1.24. The number of hydrogen-bond acceptors (Lipinski definition) is 2. The van der Waals surface area contributed by atoms with Crippen LogP contribution in [0.2, 0.25) is 0 Å². The second-order valence-corrected chi connectivity index (χ2v) is 2.84. The molecule has 4 heteroatoms. The molecule has 3 nitrogen and oxygen atoms in total. The van der Waals surface area contributed by atoms with Gasteiger partial charge < -0.3 is 0 Å². The fraction of sp³-hybridized carbons (Fsp3) is 0.250. The molecule has 0 aliphatic rings. The van der Waals surface area contributed by atoms with Gasteiger partial charge in [0.25, 0.3) is 5.70 Å². The zero-order valence-corrected chi connectivity index (χ0v) is 7.76. The summed E-state index contributed by atoms with van der Waals surface area (Å²) in [5, 5.41) is 10.5. The van der Waals surface area contributed by atoms with E-state index in [0.717, 1.165) is 0 Å². The van der Waals surface area contributed by atoms with Crippen molar-refractivity contribution in [2.24, 2.45) is 0 Å². The van der Waals surface area contributed by atoms with Crippen molar-refractivity contribution in [1.82, 2.24) is 0 Å². The summed E-state index contributed by atoms with van der Waals surface area (Å²) in [6.07, 6.45) is 2.92. The Kier molecular flexibility index (Phi) is 4.29. The van der Waals surface area contributed by atoms with Crippen molar-refractivity contribution in [1.29, 1.82) is 0 Å². The maximum Gasteiger partial charge on any atom is 0.283 e. The number of nitro groups is 1. The Balaban J connectivity index is 4.94. The van der Waals surface area contributed by atoms with Crippen molar-refractivity contribution in [3.05, 3.63) is 45.1 Å². The molecule has 0 heterocycles. The van der Waals surface area contributed by atoms with E-state index in [2.05, 4.69) is 6.58 Å². The Hall–Kier alpha value is -1.09. The van der Waals surface area contributed by atoms with Crippen LogP contribution in [0.15, 0.2) is 35.0 Å². The Morgan fingerprint density at radius 1 is 1.58 bits per heavy atom. The lowest BCUT2D eigenvalue weighted by Gasteiger charge is -1.93. The van der Waals surface area contributed by atoms with Gasteiger partial charge in [0.05, 0.1) is 9.96 Å². The zero-order chi connectivity index (χ0) is 9.72. The second-order valence-electron chi connectivity index (χ2n) is 2.27. The Morgan fingerprint density at radius 2 is 2.08 bits per heavy atom. The first-order chi connectivity index (χ1) is 5.49. The quantitative estimate of drug-likeness (QED) is 0.387. The first kappa shape index (κ1) is 10.9. The predicted octanol–water partition coefficient (Wildman–Crippen LogP) is 2.87. The monoisotopic (exact) mass is 187 g/mol. The SMILES string of the molecule is C=C/C(C)=C\C(=C(/C)Cl)[N+](=O)[O-]. The highest BCUT2D eigenvalue weighted by atomic mass is 35.5. The van der Waals surface area contributed by atoms with Gasteiger partial charge in [-0.05, 0) is 19.4 Å². The summed E-state index contributed by atoms with van der Waals surface area (Å²) >= 11 is 5.50. The molecule has 0 aromatic rings. The largest absolute Gasteiger partial charge is 0.283 e. The molecule has 0 saturated heterocycles. The average Bonchev–Trinajstić information content (AvgIpc) is 1.98. The number of nitrogens with zero attached hydrogens (tertiary/aromatic N) is 1. The second kappa shape index (κ2) is 4.72. The predicted molar refractivity (Wildman–Crippen MR) is 49.5 cm³/mol. The van der Waals surface area contributed by atoms with E-state index in [4.69, 9.17) is 11.6 Å². The molecule has 0 aliphatic heterocycles. The van der Waals surface area contributed by atoms with Gasteiger partial charge in [-0.3, -0.25) is 10.1 Å². The van der Waals surface area contributed by atoms with Crippen molar-refractivity contribution >= 4 is 11.6 Å². The van der Waals surface area contributed by atoms with Crippen molar-refractivity contribution in [2.45, 2.75) is 13.8 Å². The van der Waals surface area contributed by atoms with Crippen molar-refractivity contribution in [3.8, 4) is 0 Å². The fourth-order valence-corrected chi connectivity index (χ4v) is 0.676. The molecule has 0 spiro atoms. The summed E-state index contributed by atoms with van der Waals surface area (Å²) in [6.45, 7) is 6.67. The number of halogens is 1. The summed E-state index contributed by atoms with van der Waals surface area (Å²) in [6, 6.07) is 0. The van der Waals surface area contributed by atoms with Crippen LogP contribution in [0.4, 0.5) is 0 Å². The summed E-state index contributed by atoms with van der Waals surface area (Å²) in [5.41, 5.74) is 0.621. The van der Waals surface area contributed by atoms with E-state index < -0.39 is 4.92 Å². The summed E-state index contributed by atoms with van der Waals surface area (Å²) < 4.78 is 0. The van der Waals surface area contributed by atoms with Crippen LogP contribution < -0.4 is 0 Å². The van der Waals surface area contributed by atoms with E-state index in [-0.39, 0.29) is 10.7 Å². The lowest BCUT2D eigenvalue weighted by molar-refractivity contribution is -0.419. The van der Waals surface area contributed by atoms with Crippen LogP contribution in [-0.4, -0.2) is 4.92 Å². The standard InChI is InChI=1S/C8H10ClNO2/c1-4-6(2)5-8(7(3)9)10(11)12/h4-5H,1H2,2-3H3/b6-5-,8-7-. The zero-order valence-electron chi connectivity index (χ0n) is 7.00. The highest BCUT2D eigenvalue weighted by Gasteiger charge is 2.09. The molecule has 0 amide bonds. The third kappa shape index (κ3) is 3.34. The van der Waals surface area contributed by atoms with Crippen LogP contribution in [0.1, 0.15) is 13.8 Å². The van der Waals surface area contributed by atoms with Gasteiger partial charge in [0.15, 0.2) is 0 Å².